The van der Waals surface area contributed by atoms with Crippen LogP contribution in [0.1, 0.15) is 18.5 Å². The molecule has 0 saturated carbocycles. The van der Waals surface area contributed by atoms with Gasteiger partial charge in [-0.05, 0) is 39.2 Å². The number of methoxy groups -OCH3 is 1. The lowest BCUT2D eigenvalue weighted by molar-refractivity contribution is 0.305. The van der Waals surface area contributed by atoms with Crippen LogP contribution in [-0.4, -0.2) is 38.5 Å². The predicted molar refractivity (Wildman–Crippen MR) is 99.6 cm³/mol. The van der Waals surface area contributed by atoms with Gasteiger partial charge in [-0.3, -0.25) is 0 Å². The first-order valence-corrected chi connectivity index (χ1v) is 9.57. The van der Waals surface area contributed by atoms with E-state index in [1.807, 2.05) is 25.9 Å². The van der Waals surface area contributed by atoms with Crippen molar-refractivity contribution in [3.05, 3.63) is 60.0 Å². The zero-order valence-corrected chi connectivity index (χ0v) is 15.9. The average Bonchev–Trinajstić information content (AvgIpc) is 3.04. The molecule has 26 heavy (non-hydrogen) atoms. The van der Waals surface area contributed by atoms with Crippen molar-refractivity contribution in [2.45, 2.75) is 17.9 Å². The van der Waals surface area contributed by atoms with Gasteiger partial charge in [-0.25, -0.2) is 16.8 Å². The van der Waals surface area contributed by atoms with Crippen LogP contribution in [0, 0.1) is 5.82 Å². The van der Waals surface area contributed by atoms with E-state index in [1.54, 1.807) is 24.3 Å². The summed E-state index contributed by atoms with van der Waals surface area (Å²) in [5, 5.41) is 0.643. The number of hydrogen-bond acceptors (Lipinski definition) is 4. The summed E-state index contributed by atoms with van der Waals surface area (Å²) in [4.78, 5) is 2.07. The van der Waals surface area contributed by atoms with Crippen LogP contribution in [0.25, 0.3) is 10.9 Å². The maximum atomic E-state index is 14.7. The predicted octanol–water partition coefficient (Wildman–Crippen LogP) is 3.65. The number of benzene rings is 2. The first-order chi connectivity index (χ1) is 12.3. The second-order valence-corrected chi connectivity index (χ2v) is 8.12. The molecule has 0 aliphatic carbocycles. The SMILES string of the molecule is COc1c(F)cc2c(ccn2S(=O)(=O)c2ccccc2)c1C(C)N(C)C. The third-order valence-electron chi connectivity index (χ3n) is 4.60. The van der Waals surface area contributed by atoms with Crippen molar-refractivity contribution in [1.29, 1.82) is 0 Å². The monoisotopic (exact) mass is 376 g/mol. The number of ether oxygens (including phenoxy) is 1. The van der Waals surface area contributed by atoms with E-state index in [4.69, 9.17) is 4.74 Å². The molecule has 1 heterocycles. The maximum absolute atomic E-state index is 14.7. The molecule has 0 spiro atoms. The highest BCUT2D eigenvalue weighted by Crippen LogP contribution is 2.38. The van der Waals surface area contributed by atoms with Crippen molar-refractivity contribution in [2.75, 3.05) is 21.2 Å². The molecule has 0 aliphatic rings. The minimum atomic E-state index is -3.83. The molecule has 0 N–H and O–H groups in total. The van der Waals surface area contributed by atoms with Gasteiger partial charge in [0.2, 0.25) is 0 Å². The molecule has 0 aliphatic heterocycles. The molecule has 3 aromatic rings. The topological polar surface area (TPSA) is 51.5 Å². The van der Waals surface area contributed by atoms with E-state index < -0.39 is 15.8 Å². The van der Waals surface area contributed by atoms with Crippen molar-refractivity contribution in [2.24, 2.45) is 0 Å². The fraction of sp³-hybridized carbons (Fsp3) is 0.263. The van der Waals surface area contributed by atoms with Gasteiger partial charge in [0.25, 0.3) is 10.0 Å². The molecule has 0 fully saturated rings. The van der Waals surface area contributed by atoms with Crippen LogP contribution in [0.2, 0.25) is 0 Å². The average molecular weight is 376 g/mol. The molecule has 1 unspecified atom stereocenters. The van der Waals surface area contributed by atoms with Crippen molar-refractivity contribution < 1.29 is 17.5 Å². The van der Waals surface area contributed by atoms with Crippen LogP contribution in [0.3, 0.4) is 0 Å². The maximum Gasteiger partial charge on any atom is 0.268 e. The standard InChI is InChI=1S/C19H21FN2O3S/c1-13(21(2)3)18-15-10-11-22(17(15)12-16(20)19(18)25-4)26(23,24)14-8-6-5-7-9-14/h5-13H,1-4H3. The van der Waals surface area contributed by atoms with Gasteiger partial charge in [0, 0.05) is 29.3 Å². The van der Waals surface area contributed by atoms with E-state index >= 15 is 0 Å². The Bertz CT molecular complexity index is 1040. The number of aromatic nitrogens is 1. The third-order valence-corrected chi connectivity index (χ3v) is 6.31. The summed E-state index contributed by atoms with van der Waals surface area (Å²) in [5.74, 6) is -0.458. The number of rotatable bonds is 5. The summed E-state index contributed by atoms with van der Waals surface area (Å²) in [6.45, 7) is 1.92. The molecule has 2 aromatic carbocycles. The summed E-state index contributed by atoms with van der Waals surface area (Å²) < 4.78 is 47.1. The first kappa shape index (κ1) is 18.4. The lowest BCUT2D eigenvalue weighted by atomic mass is 10.0. The summed E-state index contributed by atoms with van der Waals surface area (Å²) in [5.41, 5.74) is 0.908. The van der Waals surface area contributed by atoms with Crippen molar-refractivity contribution in [3.63, 3.8) is 0 Å². The fourth-order valence-corrected chi connectivity index (χ4v) is 4.39. The Morgan fingerprint density at radius 2 is 1.81 bits per heavy atom. The molecule has 0 bridgehead atoms. The normalized spacial score (nSPS) is 13.3. The zero-order valence-electron chi connectivity index (χ0n) is 15.1. The van der Waals surface area contributed by atoms with Crippen LogP contribution in [0.4, 0.5) is 4.39 Å². The van der Waals surface area contributed by atoms with Crippen LogP contribution in [0.15, 0.2) is 53.6 Å². The van der Waals surface area contributed by atoms with Gasteiger partial charge in [-0.15, -0.1) is 0 Å². The summed E-state index contributed by atoms with van der Waals surface area (Å²) in [7, 11) is 1.33. The van der Waals surface area contributed by atoms with E-state index in [2.05, 4.69) is 0 Å². The van der Waals surface area contributed by atoms with Gasteiger partial charge in [-0.1, -0.05) is 18.2 Å². The van der Waals surface area contributed by atoms with Crippen LogP contribution >= 0.6 is 0 Å². The lowest BCUT2D eigenvalue weighted by Gasteiger charge is -2.23. The molecule has 0 amide bonds. The summed E-state index contributed by atoms with van der Waals surface area (Å²) in [6.07, 6.45) is 1.46. The van der Waals surface area contributed by atoms with Gasteiger partial charge in [-0.2, -0.15) is 0 Å². The summed E-state index contributed by atoms with van der Waals surface area (Å²) in [6, 6.07) is 10.8. The highest BCUT2D eigenvalue weighted by molar-refractivity contribution is 7.90. The molecule has 7 heteroatoms. The van der Waals surface area contributed by atoms with E-state index in [0.29, 0.717) is 10.9 Å². The van der Waals surface area contributed by atoms with E-state index in [9.17, 15) is 12.8 Å². The number of fused-ring (bicyclic) bond motifs is 1. The molecule has 138 valence electrons. The van der Waals surface area contributed by atoms with Crippen molar-refractivity contribution >= 4 is 20.9 Å². The van der Waals surface area contributed by atoms with Gasteiger partial charge in [0.1, 0.15) is 0 Å². The fourth-order valence-electron chi connectivity index (χ4n) is 3.03. The first-order valence-electron chi connectivity index (χ1n) is 8.13. The van der Waals surface area contributed by atoms with Crippen LogP contribution in [-0.2, 0) is 10.0 Å². The van der Waals surface area contributed by atoms with Gasteiger partial charge >= 0.3 is 0 Å². The zero-order chi connectivity index (χ0) is 19.1. The Morgan fingerprint density at radius 3 is 2.38 bits per heavy atom. The van der Waals surface area contributed by atoms with Gasteiger partial charge in [0.05, 0.1) is 17.5 Å². The Labute approximate surface area is 152 Å². The summed E-state index contributed by atoms with van der Waals surface area (Å²) >= 11 is 0. The third kappa shape index (κ3) is 2.87. The molecular weight excluding hydrogens is 355 g/mol. The van der Waals surface area contributed by atoms with E-state index in [-0.39, 0.29) is 22.2 Å². The van der Waals surface area contributed by atoms with Gasteiger partial charge in [0.15, 0.2) is 11.6 Å². The van der Waals surface area contributed by atoms with Crippen molar-refractivity contribution in [1.82, 2.24) is 8.87 Å². The molecule has 0 saturated heterocycles. The lowest BCUT2D eigenvalue weighted by Crippen LogP contribution is -2.18. The minimum absolute atomic E-state index is 0.133. The molecule has 0 radical (unpaired) electrons. The quantitative estimate of drug-likeness (QED) is 0.682. The molecular formula is C19H21FN2O3S. The molecule has 3 rings (SSSR count). The van der Waals surface area contributed by atoms with Crippen LogP contribution in [0.5, 0.6) is 5.75 Å². The Morgan fingerprint density at radius 1 is 1.15 bits per heavy atom. The highest BCUT2D eigenvalue weighted by Gasteiger charge is 2.26. The van der Waals surface area contributed by atoms with Gasteiger partial charge < -0.3 is 9.64 Å². The minimum Gasteiger partial charge on any atom is -0.493 e. The second kappa shape index (κ2) is 6.74. The highest BCUT2D eigenvalue weighted by atomic mass is 32.2. The van der Waals surface area contributed by atoms with Crippen LogP contribution < -0.4 is 4.74 Å². The van der Waals surface area contributed by atoms with E-state index in [1.165, 1.54) is 31.5 Å². The smallest absolute Gasteiger partial charge is 0.268 e. The molecule has 1 aromatic heterocycles. The number of hydrogen-bond donors (Lipinski definition) is 0. The Kier molecular flexibility index (Phi) is 4.77. The molecule has 1 atom stereocenters. The van der Waals surface area contributed by atoms with E-state index in [0.717, 1.165) is 3.97 Å². The Balaban J connectivity index is 2.33. The van der Waals surface area contributed by atoms with Crippen molar-refractivity contribution in [3.8, 4) is 5.75 Å². The number of nitrogens with zero attached hydrogens (tertiary/aromatic N) is 2. The second-order valence-electron chi connectivity index (χ2n) is 6.31. The Hall–Kier alpha value is -2.38. The number of halogens is 1. The largest absolute Gasteiger partial charge is 0.493 e. The molecule has 5 nitrogen and oxygen atoms in total.